The highest BCUT2D eigenvalue weighted by Gasteiger charge is 2.27. The Hall–Kier alpha value is 0.200. The summed E-state index contributed by atoms with van der Waals surface area (Å²) in [7, 11) is 1.91. The third-order valence-corrected chi connectivity index (χ3v) is 5.24. The molecule has 0 bridgehead atoms. The molecule has 3 unspecified atom stereocenters. The van der Waals surface area contributed by atoms with Crippen molar-refractivity contribution in [2.45, 2.75) is 53.1 Å². The third kappa shape index (κ3) is 6.96. The van der Waals surface area contributed by atoms with E-state index in [9.17, 15) is 8.42 Å². The fourth-order valence-corrected chi connectivity index (χ4v) is 4.44. The summed E-state index contributed by atoms with van der Waals surface area (Å²) < 4.78 is 28.4. The molecule has 0 spiro atoms. The van der Waals surface area contributed by atoms with Gasteiger partial charge in [-0.1, -0.05) is 27.7 Å². The molecule has 0 aromatic rings. The zero-order chi connectivity index (χ0) is 14.6. The first-order chi connectivity index (χ1) is 8.67. The van der Waals surface area contributed by atoms with Crippen LogP contribution in [0.25, 0.3) is 0 Å². The van der Waals surface area contributed by atoms with Gasteiger partial charge in [-0.3, -0.25) is 0 Å². The number of hydrogen-bond acceptors (Lipinski definition) is 3. The summed E-state index contributed by atoms with van der Waals surface area (Å²) in [5.41, 5.74) is 0. The molecule has 1 rings (SSSR count). The fraction of sp³-hybridized carbons (Fsp3) is 1.00. The molecule has 0 aromatic carbocycles. The molecular weight excluding hydrogens is 284 g/mol. The molecule has 3 atom stereocenters. The van der Waals surface area contributed by atoms with Crippen molar-refractivity contribution in [1.82, 2.24) is 0 Å². The molecule has 1 fully saturated rings. The van der Waals surface area contributed by atoms with Crippen molar-refractivity contribution in [3.63, 3.8) is 0 Å². The third-order valence-electron chi connectivity index (χ3n) is 4.04. The molecule has 1 saturated carbocycles. The van der Waals surface area contributed by atoms with Crippen LogP contribution in [0.1, 0.15) is 47.0 Å². The van der Waals surface area contributed by atoms with Gasteiger partial charge in [0.05, 0.1) is 18.5 Å². The van der Waals surface area contributed by atoms with Gasteiger partial charge in [-0.25, -0.2) is 8.42 Å². The van der Waals surface area contributed by atoms with E-state index in [1.807, 2.05) is 13.8 Å². The van der Waals surface area contributed by atoms with E-state index in [0.717, 1.165) is 12.8 Å². The zero-order valence-electron chi connectivity index (χ0n) is 12.4. The average Bonchev–Trinajstić information content (AvgIpc) is 2.20. The van der Waals surface area contributed by atoms with Gasteiger partial charge in [0.15, 0.2) is 0 Å². The normalized spacial score (nSPS) is 30.5. The Morgan fingerprint density at radius 1 is 1.16 bits per heavy atom. The smallest absolute Gasteiger partial charge is 0.232 e. The highest BCUT2D eigenvalue weighted by molar-refractivity contribution is 8.13. The molecule has 19 heavy (non-hydrogen) atoms. The Kier molecular flexibility index (Phi) is 6.61. The van der Waals surface area contributed by atoms with Gasteiger partial charge in [0, 0.05) is 10.7 Å². The van der Waals surface area contributed by atoms with Crippen molar-refractivity contribution in [2.75, 3.05) is 12.4 Å². The highest BCUT2D eigenvalue weighted by Crippen LogP contribution is 2.31. The zero-order valence-corrected chi connectivity index (χ0v) is 14.0. The fourth-order valence-electron chi connectivity index (χ4n) is 2.96. The van der Waals surface area contributed by atoms with Crippen LogP contribution in [0.5, 0.6) is 0 Å². The molecule has 0 aliphatic heterocycles. The van der Waals surface area contributed by atoms with Gasteiger partial charge in [-0.05, 0) is 42.9 Å². The molecule has 1 aliphatic carbocycles. The van der Waals surface area contributed by atoms with Crippen LogP contribution in [-0.4, -0.2) is 26.9 Å². The van der Waals surface area contributed by atoms with Crippen LogP contribution >= 0.6 is 10.7 Å². The number of hydrogen-bond donors (Lipinski definition) is 0. The second-order valence-corrected chi connectivity index (χ2v) is 9.40. The van der Waals surface area contributed by atoms with Crippen molar-refractivity contribution < 1.29 is 13.2 Å². The van der Waals surface area contributed by atoms with E-state index in [-0.39, 0.29) is 23.7 Å². The molecule has 0 heterocycles. The molecule has 0 saturated heterocycles. The topological polar surface area (TPSA) is 43.4 Å². The van der Waals surface area contributed by atoms with Gasteiger partial charge in [0.1, 0.15) is 0 Å². The summed E-state index contributed by atoms with van der Waals surface area (Å²) in [4.78, 5) is 0. The van der Waals surface area contributed by atoms with Crippen LogP contribution in [-0.2, 0) is 13.8 Å². The predicted molar refractivity (Wildman–Crippen MR) is 79.9 cm³/mol. The molecule has 5 heteroatoms. The Labute approximate surface area is 122 Å². The Morgan fingerprint density at radius 2 is 1.68 bits per heavy atom. The largest absolute Gasteiger partial charge is 0.378 e. The molecule has 1 aliphatic rings. The van der Waals surface area contributed by atoms with E-state index < -0.39 is 9.05 Å². The lowest BCUT2D eigenvalue weighted by atomic mass is 9.82. The van der Waals surface area contributed by atoms with Gasteiger partial charge >= 0.3 is 0 Å². The first-order valence-corrected chi connectivity index (χ1v) is 9.69. The highest BCUT2D eigenvalue weighted by atomic mass is 35.7. The maximum atomic E-state index is 11.2. The minimum absolute atomic E-state index is 0.00402. The van der Waals surface area contributed by atoms with E-state index in [1.165, 1.54) is 6.42 Å². The Balaban J connectivity index is 2.47. The van der Waals surface area contributed by atoms with Crippen molar-refractivity contribution >= 4 is 19.7 Å². The van der Waals surface area contributed by atoms with Crippen molar-refractivity contribution in [1.29, 1.82) is 0 Å². The number of rotatable bonds is 6. The molecule has 0 aromatic heterocycles. The summed E-state index contributed by atoms with van der Waals surface area (Å²) in [6, 6.07) is 0. The van der Waals surface area contributed by atoms with Crippen LogP contribution in [0, 0.1) is 23.7 Å². The van der Waals surface area contributed by atoms with E-state index >= 15 is 0 Å². The quantitative estimate of drug-likeness (QED) is 0.703. The van der Waals surface area contributed by atoms with E-state index in [4.69, 9.17) is 15.4 Å². The van der Waals surface area contributed by atoms with Crippen LogP contribution < -0.4 is 0 Å². The SMILES string of the molecule is CC1CC(C)CC(OCC(CS(=O)(=O)Cl)C(C)C)C1. The van der Waals surface area contributed by atoms with Gasteiger partial charge in [-0.2, -0.15) is 0 Å². The molecule has 0 amide bonds. The van der Waals surface area contributed by atoms with E-state index in [0.29, 0.717) is 18.4 Å². The van der Waals surface area contributed by atoms with Gasteiger partial charge < -0.3 is 4.74 Å². The summed E-state index contributed by atoms with van der Waals surface area (Å²) in [5.74, 6) is 1.64. The lowest BCUT2D eigenvalue weighted by molar-refractivity contribution is -0.0187. The lowest BCUT2D eigenvalue weighted by Gasteiger charge is -2.32. The first-order valence-electron chi connectivity index (χ1n) is 7.21. The van der Waals surface area contributed by atoms with Crippen molar-refractivity contribution in [3.8, 4) is 0 Å². The Bertz CT molecular complexity index is 357. The van der Waals surface area contributed by atoms with Crippen LogP contribution in [0.15, 0.2) is 0 Å². The molecule has 0 radical (unpaired) electrons. The molecular formula is C14H27ClO3S. The van der Waals surface area contributed by atoms with Crippen LogP contribution in [0.4, 0.5) is 0 Å². The maximum Gasteiger partial charge on any atom is 0.232 e. The van der Waals surface area contributed by atoms with Crippen LogP contribution in [0.2, 0.25) is 0 Å². The number of halogens is 1. The van der Waals surface area contributed by atoms with Gasteiger partial charge in [0.25, 0.3) is 0 Å². The monoisotopic (exact) mass is 310 g/mol. The van der Waals surface area contributed by atoms with Crippen LogP contribution in [0.3, 0.4) is 0 Å². The maximum absolute atomic E-state index is 11.2. The molecule has 3 nitrogen and oxygen atoms in total. The van der Waals surface area contributed by atoms with Gasteiger partial charge in [0.2, 0.25) is 9.05 Å². The summed E-state index contributed by atoms with van der Waals surface area (Å²) >= 11 is 0. The summed E-state index contributed by atoms with van der Waals surface area (Å²) in [5, 5.41) is 0. The lowest BCUT2D eigenvalue weighted by Crippen LogP contribution is -2.30. The second kappa shape index (κ2) is 7.28. The minimum Gasteiger partial charge on any atom is -0.378 e. The second-order valence-electron chi connectivity index (χ2n) is 6.58. The first kappa shape index (κ1) is 17.3. The summed E-state index contributed by atoms with van der Waals surface area (Å²) in [6.45, 7) is 9.04. The molecule has 114 valence electrons. The summed E-state index contributed by atoms with van der Waals surface area (Å²) in [6.07, 6.45) is 3.72. The van der Waals surface area contributed by atoms with E-state index in [1.54, 1.807) is 0 Å². The number of ether oxygens (including phenoxy) is 1. The van der Waals surface area contributed by atoms with E-state index in [2.05, 4.69) is 13.8 Å². The molecule has 0 N–H and O–H groups in total. The standard InChI is InChI=1S/C14H27ClO3S/c1-10(2)13(9-19(15,16)17)8-18-14-6-11(3)5-12(4)7-14/h10-14H,5-9H2,1-4H3. The van der Waals surface area contributed by atoms with Crippen molar-refractivity contribution in [2.24, 2.45) is 23.7 Å². The minimum atomic E-state index is -3.45. The average molecular weight is 311 g/mol. The predicted octanol–water partition coefficient (Wildman–Crippen LogP) is 3.67. The van der Waals surface area contributed by atoms with Crippen molar-refractivity contribution in [3.05, 3.63) is 0 Å². The Morgan fingerprint density at radius 3 is 2.11 bits per heavy atom. The van der Waals surface area contributed by atoms with Gasteiger partial charge in [-0.15, -0.1) is 0 Å².